The Morgan fingerprint density at radius 3 is 2.86 bits per heavy atom. The van der Waals surface area contributed by atoms with Crippen molar-refractivity contribution in [2.75, 3.05) is 18.2 Å². The summed E-state index contributed by atoms with van der Waals surface area (Å²) in [5, 5.41) is 13.0. The van der Waals surface area contributed by atoms with Crippen molar-refractivity contribution in [3.63, 3.8) is 0 Å². The fraction of sp³-hybridized carbons (Fsp3) is 0.417. The molecular weight excluding hydrogens is 508 g/mol. The van der Waals surface area contributed by atoms with Crippen molar-refractivity contribution in [3.05, 3.63) is 51.1 Å². The molecule has 4 rings (SSSR count). The first kappa shape index (κ1) is 25.5. The minimum Gasteiger partial charge on any atom is -0.481 e. The van der Waals surface area contributed by atoms with E-state index < -0.39 is 12.1 Å². The van der Waals surface area contributed by atoms with Gasteiger partial charge in [0.05, 0.1) is 23.4 Å². The third-order valence-electron chi connectivity index (χ3n) is 5.86. The minimum atomic E-state index is -0.412. The highest BCUT2D eigenvalue weighted by molar-refractivity contribution is 7.99. The number of halogens is 1. The van der Waals surface area contributed by atoms with Crippen LogP contribution in [0.15, 0.2) is 29.4 Å². The number of thioether (sulfide) groups is 1. The average molecular weight is 535 g/mol. The normalized spacial score (nSPS) is 15.9. The number of rotatable bonds is 8. The molecule has 11 heteroatoms. The number of nitrogens with one attached hydrogen (secondary N) is 1. The first-order valence-corrected chi connectivity index (χ1v) is 13.4. The number of nitrogens with zero attached hydrogens (tertiary/aromatic N) is 3. The van der Waals surface area contributed by atoms with Crippen molar-refractivity contribution in [3.8, 4) is 5.75 Å². The molecule has 1 aliphatic rings. The van der Waals surface area contributed by atoms with Crippen LogP contribution in [0.2, 0.25) is 5.02 Å². The molecule has 0 spiro atoms. The van der Waals surface area contributed by atoms with Crippen LogP contribution in [0, 0.1) is 5.92 Å². The van der Waals surface area contributed by atoms with Crippen LogP contribution in [0.5, 0.6) is 5.75 Å². The molecule has 0 radical (unpaired) electrons. The van der Waals surface area contributed by atoms with E-state index in [-0.39, 0.29) is 11.7 Å². The van der Waals surface area contributed by atoms with E-state index in [1.165, 1.54) is 30.2 Å². The molecular formula is C24H27ClN4O4S2. The van der Waals surface area contributed by atoms with E-state index in [1.54, 1.807) is 16.7 Å². The molecule has 1 N–H and O–H groups in total. The summed E-state index contributed by atoms with van der Waals surface area (Å²) in [7, 11) is 3.19. The number of amides is 1. The molecule has 2 aromatic heterocycles. The number of aromatic nitrogens is 3. The monoisotopic (exact) mass is 534 g/mol. The molecule has 1 aromatic carbocycles. The van der Waals surface area contributed by atoms with Crippen LogP contribution in [0.1, 0.15) is 53.0 Å². The molecule has 1 aliphatic carbocycles. The Morgan fingerprint density at radius 1 is 1.34 bits per heavy atom. The maximum absolute atomic E-state index is 12.8. The predicted molar refractivity (Wildman–Crippen MR) is 138 cm³/mol. The Hall–Kier alpha value is -2.56. The summed E-state index contributed by atoms with van der Waals surface area (Å²) in [4.78, 5) is 26.4. The van der Waals surface area contributed by atoms with Crippen LogP contribution < -0.4 is 10.1 Å². The number of anilines is 1. The number of hydrogen-bond acceptors (Lipinski definition) is 8. The molecule has 2 unspecified atom stereocenters. The highest BCUT2D eigenvalue weighted by Gasteiger charge is 2.29. The maximum Gasteiger partial charge on any atom is 0.341 e. The van der Waals surface area contributed by atoms with Gasteiger partial charge in [0.1, 0.15) is 10.8 Å². The molecule has 0 fully saturated rings. The Bertz CT molecular complexity index is 1240. The van der Waals surface area contributed by atoms with E-state index in [4.69, 9.17) is 21.1 Å². The zero-order valence-corrected chi connectivity index (χ0v) is 22.4. The highest BCUT2D eigenvalue weighted by atomic mass is 35.5. The van der Waals surface area contributed by atoms with E-state index in [0.29, 0.717) is 38.2 Å². The molecule has 8 nitrogen and oxygen atoms in total. The molecule has 186 valence electrons. The number of thiophene rings is 1. The molecule has 0 saturated heterocycles. The van der Waals surface area contributed by atoms with Crippen LogP contribution in [0.25, 0.3) is 0 Å². The number of ether oxygens (including phenoxy) is 2. The van der Waals surface area contributed by atoms with Crippen LogP contribution in [0.3, 0.4) is 0 Å². The lowest BCUT2D eigenvalue weighted by Crippen LogP contribution is -2.17. The van der Waals surface area contributed by atoms with Crippen molar-refractivity contribution in [2.24, 2.45) is 13.0 Å². The summed E-state index contributed by atoms with van der Waals surface area (Å²) < 4.78 is 12.7. The van der Waals surface area contributed by atoms with Crippen molar-refractivity contribution in [2.45, 2.75) is 44.4 Å². The lowest BCUT2D eigenvalue weighted by molar-refractivity contribution is -0.113. The Morgan fingerprint density at radius 2 is 2.11 bits per heavy atom. The van der Waals surface area contributed by atoms with Gasteiger partial charge in [0, 0.05) is 11.9 Å². The van der Waals surface area contributed by atoms with E-state index in [1.807, 2.05) is 26.1 Å². The summed E-state index contributed by atoms with van der Waals surface area (Å²) in [5.41, 5.74) is 1.50. The summed E-state index contributed by atoms with van der Waals surface area (Å²) in [6.07, 6.45) is 2.35. The van der Waals surface area contributed by atoms with Crippen LogP contribution in [-0.4, -0.2) is 39.5 Å². The Balaban J connectivity index is 1.41. The standard InChI is InChI=1S/C24H27ClN4O4S2/c1-13-9-10-15-18(11-13)35-22(20(15)23(31)32-4)26-19(30)12-34-24-28-27-21(29(24)3)14(2)33-17-8-6-5-7-16(17)25/h5-8,13-14H,9-12H2,1-4H3,(H,26,30). The molecule has 0 saturated carbocycles. The van der Waals surface area contributed by atoms with Gasteiger partial charge >= 0.3 is 5.97 Å². The zero-order chi connectivity index (χ0) is 25.1. The molecule has 1 amide bonds. The van der Waals surface area contributed by atoms with E-state index in [2.05, 4.69) is 22.4 Å². The molecule has 35 heavy (non-hydrogen) atoms. The van der Waals surface area contributed by atoms with E-state index in [0.717, 1.165) is 29.7 Å². The molecule has 0 bridgehead atoms. The van der Waals surface area contributed by atoms with Crippen molar-refractivity contribution >= 4 is 51.6 Å². The number of esters is 1. The fourth-order valence-electron chi connectivity index (χ4n) is 4.04. The van der Waals surface area contributed by atoms with Gasteiger partial charge in [-0.15, -0.1) is 21.5 Å². The second-order valence-corrected chi connectivity index (χ2v) is 10.9. The second kappa shape index (κ2) is 11.0. The van der Waals surface area contributed by atoms with Gasteiger partial charge in [0.25, 0.3) is 0 Å². The van der Waals surface area contributed by atoms with Crippen molar-refractivity contribution in [1.29, 1.82) is 0 Å². The summed E-state index contributed by atoms with van der Waals surface area (Å²) in [5.74, 6) is 1.21. The van der Waals surface area contributed by atoms with Gasteiger partial charge in [-0.25, -0.2) is 4.79 Å². The van der Waals surface area contributed by atoms with Crippen LogP contribution in [-0.2, 0) is 29.4 Å². The second-order valence-electron chi connectivity index (χ2n) is 8.47. The van der Waals surface area contributed by atoms with Gasteiger partial charge in [0.15, 0.2) is 17.1 Å². The number of hydrogen-bond donors (Lipinski definition) is 1. The first-order valence-electron chi connectivity index (χ1n) is 11.2. The SMILES string of the molecule is COC(=O)c1c(NC(=O)CSc2nnc(C(C)Oc3ccccc3Cl)n2C)sc2c1CCC(C)C2. The summed E-state index contributed by atoms with van der Waals surface area (Å²) in [6.45, 7) is 4.06. The number of methoxy groups -OCH3 is 1. The lowest BCUT2D eigenvalue weighted by Gasteiger charge is -2.18. The minimum absolute atomic E-state index is 0.116. The topological polar surface area (TPSA) is 95.3 Å². The number of carbonyl (C=O) groups is 2. The smallest absolute Gasteiger partial charge is 0.341 e. The maximum atomic E-state index is 12.8. The van der Waals surface area contributed by atoms with Gasteiger partial charge in [0.2, 0.25) is 5.91 Å². The van der Waals surface area contributed by atoms with E-state index >= 15 is 0 Å². The summed E-state index contributed by atoms with van der Waals surface area (Å²) in [6, 6.07) is 7.24. The molecule has 0 aliphatic heterocycles. The van der Waals surface area contributed by atoms with Crippen LogP contribution >= 0.6 is 34.7 Å². The van der Waals surface area contributed by atoms with Crippen LogP contribution in [0.4, 0.5) is 5.00 Å². The van der Waals surface area contributed by atoms with Gasteiger partial charge in [-0.3, -0.25) is 4.79 Å². The average Bonchev–Trinajstić information content (AvgIpc) is 3.37. The zero-order valence-electron chi connectivity index (χ0n) is 20.0. The fourth-order valence-corrected chi connectivity index (χ4v) is 6.35. The van der Waals surface area contributed by atoms with Gasteiger partial charge < -0.3 is 19.4 Å². The van der Waals surface area contributed by atoms with Gasteiger partial charge in [-0.1, -0.05) is 42.4 Å². The molecule has 3 aromatic rings. The highest BCUT2D eigenvalue weighted by Crippen LogP contribution is 2.40. The molecule has 2 atom stereocenters. The predicted octanol–water partition coefficient (Wildman–Crippen LogP) is 5.31. The van der Waals surface area contributed by atoms with Gasteiger partial charge in [-0.05, 0) is 49.8 Å². The number of fused-ring (bicyclic) bond motifs is 1. The largest absolute Gasteiger partial charge is 0.481 e. The number of carbonyl (C=O) groups excluding carboxylic acids is 2. The van der Waals surface area contributed by atoms with Crippen molar-refractivity contribution < 1.29 is 19.1 Å². The number of para-hydroxylation sites is 1. The number of benzene rings is 1. The molecule has 2 heterocycles. The van der Waals surface area contributed by atoms with Crippen molar-refractivity contribution in [1.82, 2.24) is 14.8 Å². The third kappa shape index (κ3) is 5.65. The Labute approximate surface area is 217 Å². The third-order valence-corrected chi connectivity index (χ3v) is 8.36. The summed E-state index contributed by atoms with van der Waals surface area (Å²) >= 11 is 8.92. The first-order chi connectivity index (χ1) is 16.8. The van der Waals surface area contributed by atoms with Gasteiger partial charge in [-0.2, -0.15) is 0 Å². The quantitative estimate of drug-likeness (QED) is 0.309. The lowest BCUT2D eigenvalue weighted by atomic mass is 9.88. The van der Waals surface area contributed by atoms with E-state index in [9.17, 15) is 9.59 Å². The Kier molecular flexibility index (Phi) is 8.03.